The van der Waals surface area contributed by atoms with Crippen molar-refractivity contribution in [2.45, 2.75) is 27.0 Å². The van der Waals surface area contributed by atoms with Crippen LogP contribution in [0.3, 0.4) is 0 Å². The number of carbonyl (C=O) groups is 1. The van der Waals surface area contributed by atoms with Gasteiger partial charge in [0.2, 0.25) is 0 Å². The lowest BCUT2D eigenvalue weighted by molar-refractivity contribution is -0.121. The summed E-state index contributed by atoms with van der Waals surface area (Å²) in [6, 6.07) is 19.5. The van der Waals surface area contributed by atoms with Crippen molar-refractivity contribution in [3.05, 3.63) is 83.2 Å². The first-order valence-electron chi connectivity index (χ1n) is 8.70. The molecule has 1 N–H and O–H groups in total. The van der Waals surface area contributed by atoms with Gasteiger partial charge < -0.3 is 4.74 Å². The molecule has 6 heteroatoms. The van der Waals surface area contributed by atoms with Crippen LogP contribution in [0.2, 0.25) is 0 Å². The zero-order valence-corrected chi connectivity index (χ0v) is 15.4. The summed E-state index contributed by atoms with van der Waals surface area (Å²) in [5, 5.41) is 8.27. The van der Waals surface area contributed by atoms with Gasteiger partial charge in [0.05, 0.1) is 11.9 Å². The molecule has 0 spiro atoms. The van der Waals surface area contributed by atoms with Crippen molar-refractivity contribution in [2.24, 2.45) is 5.10 Å². The van der Waals surface area contributed by atoms with Crippen molar-refractivity contribution in [3.63, 3.8) is 0 Å². The third-order valence-electron chi connectivity index (χ3n) is 3.91. The molecule has 0 aliphatic carbocycles. The molecule has 6 nitrogen and oxygen atoms in total. The van der Waals surface area contributed by atoms with Crippen LogP contribution in [-0.4, -0.2) is 21.9 Å². The normalized spacial score (nSPS) is 10.9. The van der Waals surface area contributed by atoms with E-state index in [2.05, 4.69) is 15.6 Å². The summed E-state index contributed by atoms with van der Waals surface area (Å²) in [5.74, 6) is 0.519. The molecule has 1 aromatic heterocycles. The largest absolute Gasteiger partial charge is 0.489 e. The summed E-state index contributed by atoms with van der Waals surface area (Å²) in [6.45, 7) is 4.45. The smallest absolute Gasteiger partial charge is 0.261 e. The number of nitrogens with zero attached hydrogens (tertiary/aromatic N) is 3. The van der Waals surface area contributed by atoms with E-state index in [4.69, 9.17) is 4.74 Å². The first kappa shape index (κ1) is 18.4. The Hall–Kier alpha value is -3.41. The lowest BCUT2D eigenvalue weighted by atomic mass is 10.2. The summed E-state index contributed by atoms with van der Waals surface area (Å²) >= 11 is 0. The zero-order chi connectivity index (χ0) is 19.1. The molecule has 1 heterocycles. The number of hydrogen-bond donors (Lipinski definition) is 1. The predicted molar refractivity (Wildman–Crippen MR) is 105 cm³/mol. The average Bonchev–Trinajstić information content (AvgIpc) is 2.98. The molecule has 1 amide bonds. The Morgan fingerprint density at radius 2 is 1.96 bits per heavy atom. The van der Waals surface area contributed by atoms with E-state index >= 15 is 0 Å². The van der Waals surface area contributed by atoms with E-state index in [9.17, 15) is 4.79 Å². The first-order chi connectivity index (χ1) is 13.1. The second-order valence-electron chi connectivity index (χ2n) is 6.22. The quantitative estimate of drug-likeness (QED) is 0.518. The number of nitrogens with one attached hydrogen (secondary N) is 1. The van der Waals surface area contributed by atoms with Crippen LogP contribution in [0.1, 0.15) is 22.5 Å². The number of hydrogen-bond acceptors (Lipinski definition) is 4. The molecule has 0 aliphatic rings. The Balaban J connectivity index is 1.52. The van der Waals surface area contributed by atoms with E-state index in [1.807, 2.05) is 74.5 Å². The SMILES string of the molecule is Cc1cc(C)n(CC(=O)N/N=C/c2cccc(OCc3ccccc3)c2)n1. The molecule has 0 aliphatic heterocycles. The van der Waals surface area contributed by atoms with Crippen molar-refractivity contribution in [1.29, 1.82) is 0 Å². The van der Waals surface area contributed by atoms with Gasteiger partial charge in [-0.2, -0.15) is 10.2 Å². The van der Waals surface area contributed by atoms with E-state index in [1.165, 1.54) is 0 Å². The number of rotatable bonds is 7. The van der Waals surface area contributed by atoms with Gasteiger partial charge in [0.25, 0.3) is 5.91 Å². The summed E-state index contributed by atoms with van der Waals surface area (Å²) in [5.41, 5.74) is 6.29. The van der Waals surface area contributed by atoms with Crippen LogP contribution in [0.25, 0.3) is 0 Å². The van der Waals surface area contributed by atoms with Gasteiger partial charge in [-0.1, -0.05) is 42.5 Å². The Labute approximate surface area is 158 Å². The minimum atomic E-state index is -0.228. The molecule has 27 heavy (non-hydrogen) atoms. The fourth-order valence-electron chi connectivity index (χ4n) is 2.61. The van der Waals surface area contributed by atoms with Crippen LogP contribution >= 0.6 is 0 Å². The van der Waals surface area contributed by atoms with Crippen LogP contribution in [0, 0.1) is 13.8 Å². The topological polar surface area (TPSA) is 68.5 Å². The molecule has 0 saturated heterocycles. The van der Waals surface area contributed by atoms with Crippen molar-refractivity contribution in [1.82, 2.24) is 15.2 Å². The van der Waals surface area contributed by atoms with Crippen LogP contribution in [0.15, 0.2) is 65.8 Å². The Morgan fingerprint density at radius 3 is 2.70 bits per heavy atom. The van der Waals surface area contributed by atoms with Gasteiger partial charge in [0.1, 0.15) is 18.9 Å². The molecule has 0 fully saturated rings. The van der Waals surface area contributed by atoms with Crippen LogP contribution in [0.4, 0.5) is 0 Å². The number of aryl methyl sites for hydroxylation is 2. The second kappa shape index (κ2) is 8.80. The lowest BCUT2D eigenvalue weighted by Crippen LogP contribution is -2.24. The molecule has 3 rings (SSSR count). The molecule has 0 unspecified atom stereocenters. The number of amides is 1. The highest BCUT2D eigenvalue weighted by Gasteiger charge is 2.06. The van der Waals surface area contributed by atoms with Crippen molar-refractivity contribution in [3.8, 4) is 5.75 Å². The highest BCUT2D eigenvalue weighted by atomic mass is 16.5. The predicted octanol–water partition coefficient (Wildman–Crippen LogP) is 3.23. The van der Waals surface area contributed by atoms with E-state index in [0.717, 1.165) is 28.3 Å². The minimum absolute atomic E-state index is 0.136. The minimum Gasteiger partial charge on any atom is -0.489 e. The maximum absolute atomic E-state index is 12.0. The molecule has 138 valence electrons. The fourth-order valence-corrected chi connectivity index (χ4v) is 2.61. The van der Waals surface area contributed by atoms with Gasteiger partial charge in [-0.15, -0.1) is 0 Å². The number of carbonyl (C=O) groups excluding carboxylic acids is 1. The Morgan fingerprint density at radius 1 is 1.15 bits per heavy atom. The van der Waals surface area contributed by atoms with Crippen LogP contribution in [0.5, 0.6) is 5.75 Å². The van der Waals surface area contributed by atoms with E-state index in [0.29, 0.717) is 6.61 Å². The van der Waals surface area contributed by atoms with Crippen molar-refractivity contribution < 1.29 is 9.53 Å². The van der Waals surface area contributed by atoms with E-state index in [-0.39, 0.29) is 12.5 Å². The number of benzene rings is 2. The fraction of sp³-hybridized carbons (Fsp3) is 0.190. The molecule has 3 aromatic rings. The van der Waals surface area contributed by atoms with Gasteiger partial charge in [0.15, 0.2) is 0 Å². The lowest BCUT2D eigenvalue weighted by Gasteiger charge is -2.07. The van der Waals surface area contributed by atoms with Crippen LogP contribution < -0.4 is 10.2 Å². The number of ether oxygens (including phenoxy) is 1. The molecular weight excluding hydrogens is 340 g/mol. The first-order valence-corrected chi connectivity index (χ1v) is 8.70. The van der Waals surface area contributed by atoms with E-state index in [1.54, 1.807) is 10.9 Å². The molecule has 0 bridgehead atoms. The number of hydrazone groups is 1. The van der Waals surface area contributed by atoms with Crippen molar-refractivity contribution in [2.75, 3.05) is 0 Å². The number of aromatic nitrogens is 2. The summed E-state index contributed by atoms with van der Waals surface area (Å²) in [4.78, 5) is 12.0. The van der Waals surface area contributed by atoms with Gasteiger partial charge in [-0.3, -0.25) is 9.48 Å². The summed E-state index contributed by atoms with van der Waals surface area (Å²) in [6.07, 6.45) is 1.59. The third-order valence-corrected chi connectivity index (χ3v) is 3.91. The zero-order valence-electron chi connectivity index (χ0n) is 15.4. The maximum atomic E-state index is 12.0. The molecular formula is C21H22N4O2. The van der Waals surface area contributed by atoms with Gasteiger partial charge >= 0.3 is 0 Å². The third kappa shape index (κ3) is 5.54. The second-order valence-corrected chi connectivity index (χ2v) is 6.22. The standard InChI is InChI=1S/C21H22N4O2/c1-16-11-17(2)25(24-16)14-21(26)23-22-13-19-9-6-10-20(12-19)27-15-18-7-4-3-5-8-18/h3-13H,14-15H2,1-2H3,(H,23,26)/b22-13+. The monoisotopic (exact) mass is 362 g/mol. The van der Waals surface area contributed by atoms with Gasteiger partial charge in [-0.25, -0.2) is 5.43 Å². The Kier molecular flexibility index (Phi) is 5.99. The van der Waals surface area contributed by atoms with Gasteiger partial charge in [-0.05, 0) is 43.2 Å². The maximum Gasteiger partial charge on any atom is 0.261 e. The van der Waals surface area contributed by atoms with E-state index < -0.39 is 0 Å². The Bertz CT molecular complexity index is 932. The van der Waals surface area contributed by atoms with Crippen LogP contribution in [-0.2, 0) is 17.9 Å². The highest BCUT2D eigenvalue weighted by molar-refractivity contribution is 5.82. The highest BCUT2D eigenvalue weighted by Crippen LogP contribution is 2.14. The molecule has 0 radical (unpaired) electrons. The summed E-state index contributed by atoms with van der Waals surface area (Å²) in [7, 11) is 0. The van der Waals surface area contributed by atoms with Gasteiger partial charge in [0, 0.05) is 5.69 Å². The van der Waals surface area contributed by atoms with Crippen molar-refractivity contribution >= 4 is 12.1 Å². The average molecular weight is 362 g/mol. The molecule has 2 aromatic carbocycles. The molecule has 0 atom stereocenters. The molecule has 0 saturated carbocycles. The summed E-state index contributed by atoms with van der Waals surface area (Å²) < 4.78 is 7.45.